The van der Waals surface area contributed by atoms with E-state index in [1.807, 2.05) is 31.2 Å². The van der Waals surface area contributed by atoms with Crippen LogP contribution in [0.4, 0.5) is 21.0 Å². The minimum absolute atomic E-state index is 0.0837. The number of aliphatic carboxylic acids is 1. The van der Waals surface area contributed by atoms with Gasteiger partial charge in [-0.05, 0) is 62.4 Å². The molecule has 11 nitrogen and oxygen atoms in total. The summed E-state index contributed by atoms with van der Waals surface area (Å²) in [6.45, 7) is 3.62. The standard InChI is InChI=1S/C28H35N5O6/c1-18-6-3-4-8-22(18)30-27(37)31-23-10-9-19(16-24(23)39-2)25(34)32-14-11-21(12-15-32)29-28(38)33-13-5-7-20(17-33)26(35)36/h3-4,6,8-10,16,20-21H,5,7,11-15,17H2,1-2H3,(H,29,38)(H,35,36)(H2,30,31,37). The van der Waals surface area contributed by atoms with Gasteiger partial charge in [0.2, 0.25) is 0 Å². The minimum atomic E-state index is -0.870. The number of nitrogens with one attached hydrogen (secondary N) is 3. The van der Waals surface area contributed by atoms with Crippen molar-refractivity contribution in [2.24, 2.45) is 5.92 Å². The Kier molecular flexibility index (Phi) is 8.90. The van der Waals surface area contributed by atoms with Crippen molar-refractivity contribution in [1.29, 1.82) is 0 Å². The Hall–Kier alpha value is -4.28. The first kappa shape index (κ1) is 27.7. The zero-order valence-corrected chi connectivity index (χ0v) is 22.2. The highest BCUT2D eigenvalue weighted by Crippen LogP contribution is 2.27. The van der Waals surface area contributed by atoms with Crippen LogP contribution in [0.25, 0.3) is 0 Å². The van der Waals surface area contributed by atoms with Gasteiger partial charge in [0.15, 0.2) is 0 Å². The van der Waals surface area contributed by atoms with Crippen molar-refractivity contribution in [3.8, 4) is 5.75 Å². The van der Waals surface area contributed by atoms with Crippen LogP contribution in [0.1, 0.15) is 41.6 Å². The molecule has 2 saturated heterocycles. The number of piperidine rings is 2. The Morgan fingerprint density at radius 3 is 2.33 bits per heavy atom. The number of rotatable bonds is 6. The molecule has 0 spiro atoms. The maximum atomic E-state index is 13.2. The number of nitrogens with zero attached hydrogens (tertiary/aromatic N) is 2. The predicted octanol–water partition coefficient (Wildman–Crippen LogP) is 3.76. The van der Waals surface area contributed by atoms with Crippen molar-refractivity contribution < 1.29 is 29.0 Å². The van der Waals surface area contributed by atoms with E-state index in [0.29, 0.717) is 68.0 Å². The fourth-order valence-electron chi connectivity index (χ4n) is 4.96. The Bertz CT molecular complexity index is 1230. The van der Waals surface area contributed by atoms with Crippen molar-refractivity contribution in [3.05, 3.63) is 53.6 Å². The van der Waals surface area contributed by atoms with E-state index in [1.165, 1.54) is 7.11 Å². The lowest BCUT2D eigenvalue weighted by Gasteiger charge is -2.35. The molecule has 2 fully saturated rings. The number of para-hydroxylation sites is 1. The van der Waals surface area contributed by atoms with E-state index in [0.717, 1.165) is 5.56 Å². The number of likely N-dealkylation sites (tertiary alicyclic amines) is 2. The van der Waals surface area contributed by atoms with Gasteiger partial charge < -0.3 is 35.6 Å². The highest BCUT2D eigenvalue weighted by atomic mass is 16.5. The van der Waals surface area contributed by atoms with Gasteiger partial charge in [-0.1, -0.05) is 18.2 Å². The van der Waals surface area contributed by atoms with Crippen molar-refractivity contribution >= 4 is 35.3 Å². The summed E-state index contributed by atoms with van der Waals surface area (Å²) in [6.07, 6.45) is 2.46. The van der Waals surface area contributed by atoms with Crippen molar-refractivity contribution in [1.82, 2.24) is 15.1 Å². The molecule has 0 aliphatic carbocycles. The van der Waals surface area contributed by atoms with Gasteiger partial charge in [-0.15, -0.1) is 0 Å². The second-order valence-corrected chi connectivity index (χ2v) is 9.95. The molecule has 2 aromatic rings. The summed E-state index contributed by atoms with van der Waals surface area (Å²) >= 11 is 0. The monoisotopic (exact) mass is 537 g/mol. The van der Waals surface area contributed by atoms with Crippen LogP contribution >= 0.6 is 0 Å². The maximum Gasteiger partial charge on any atom is 0.323 e. The summed E-state index contributed by atoms with van der Waals surface area (Å²) in [4.78, 5) is 52.9. The summed E-state index contributed by atoms with van der Waals surface area (Å²) in [5.41, 5.74) is 2.50. The van der Waals surface area contributed by atoms with E-state index in [2.05, 4.69) is 16.0 Å². The van der Waals surface area contributed by atoms with Crippen LogP contribution in [0.15, 0.2) is 42.5 Å². The zero-order valence-electron chi connectivity index (χ0n) is 22.2. The number of amides is 5. The van der Waals surface area contributed by atoms with Gasteiger partial charge in [0.25, 0.3) is 5.91 Å². The van der Waals surface area contributed by atoms with Gasteiger partial charge in [-0.25, -0.2) is 9.59 Å². The van der Waals surface area contributed by atoms with Gasteiger partial charge in [-0.2, -0.15) is 0 Å². The average Bonchev–Trinajstić information content (AvgIpc) is 2.94. The van der Waals surface area contributed by atoms with Gasteiger partial charge in [0, 0.05) is 43.5 Å². The topological polar surface area (TPSA) is 140 Å². The van der Waals surface area contributed by atoms with Gasteiger partial charge in [0.05, 0.1) is 18.7 Å². The van der Waals surface area contributed by atoms with Crippen molar-refractivity contribution in [2.75, 3.05) is 43.9 Å². The van der Waals surface area contributed by atoms with Gasteiger partial charge >= 0.3 is 18.0 Å². The van der Waals surface area contributed by atoms with E-state index in [9.17, 15) is 24.3 Å². The largest absolute Gasteiger partial charge is 0.495 e. The van der Waals surface area contributed by atoms with Crippen molar-refractivity contribution in [3.63, 3.8) is 0 Å². The highest BCUT2D eigenvalue weighted by Gasteiger charge is 2.30. The third kappa shape index (κ3) is 6.98. The number of anilines is 2. The number of aryl methyl sites for hydroxylation is 1. The number of hydrogen-bond donors (Lipinski definition) is 4. The smallest absolute Gasteiger partial charge is 0.323 e. The van der Waals surface area contributed by atoms with Crippen LogP contribution in [-0.2, 0) is 4.79 Å². The molecule has 2 aromatic carbocycles. The molecule has 1 atom stereocenters. The lowest BCUT2D eigenvalue weighted by atomic mass is 9.98. The molecule has 39 heavy (non-hydrogen) atoms. The number of methoxy groups -OCH3 is 1. The number of carboxylic acid groups (broad SMARTS) is 1. The summed E-state index contributed by atoms with van der Waals surface area (Å²) < 4.78 is 5.44. The fourth-order valence-corrected chi connectivity index (χ4v) is 4.96. The summed E-state index contributed by atoms with van der Waals surface area (Å²) in [6, 6.07) is 11.6. The Morgan fingerprint density at radius 2 is 1.64 bits per heavy atom. The fraction of sp³-hybridized carbons (Fsp3) is 0.429. The molecule has 4 N–H and O–H groups in total. The average molecular weight is 538 g/mol. The second-order valence-electron chi connectivity index (χ2n) is 9.95. The Balaban J connectivity index is 1.30. The summed E-state index contributed by atoms with van der Waals surface area (Å²) in [5, 5.41) is 17.8. The lowest BCUT2D eigenvalue weighted by molar-refractivity contribution is -0.143. The number of carbonyl (C=O) groups excluding carboxylic acids is 3. The molecule has 4 rings (SSSR count). The number of hydrogen-bond acceptors (Lipinski definition) is 5. The van der Waals surface area contributed by atoms with Crippen LogP contribution in [0.2, 0.25) is 0 Å². The van der Waals surface area contributed by atoms with E-state index in [-0.39, 0.29) is 24.5 Å². The molecule has 5 amide bonds. The van der Waals surface area contributed by atoms with Gasteiger partial charge in [0.1, 0.15) is 5.75 Å². The van der Waals surface area contributed by atoms with Gasteiger partial charge in [-0.3, -0.25) is 9.59 Å². The van der Waals surface area contributed by atoms with E-state index in [4.69, 9.17) is 4.74 Å². The minimum Gasteiger partial charge on any atom is -0.495 e. The summed E-state index contributed by atoms with van der Waals surface area (Å²) in [5.74, 6) is -1.19. The number of ether oxygens (including phenoxy) is 1. The molecule has 0 bridgehead atoms. The molecule has 11 heteroatoms. The Morgan fingerprint density at radius 1 is 0.923 bits per heavy atom. The molecule has 0 radical (unpaired) electrons. The van der Waals surface area contributed by atoms with E-state index < -0.39 is 17.9 Å². The maximum absolute atomic E-state index is 13.2. The van der Waals surface area contributed by atoms with Crippen LogP contribution in [0, 0.1) is 12.8 Å². The number of carbonyl (C=O) groups is 4. The number of carboxylic acids is 1. The molecule has 208 valence electrons. The molecular formula is C28H35N5O6. The van der Waals surface area contributed by atoms with Crippen LogP contribution < -0.4 is 20.7 Å². The van der Waals surface area contributed by atoms with Crippen LogP contribution in [0.5, 0.6) is 5.75 Å². The summed E-state index contributed by atoms with van der Waals surface area (Å²) in [7, 11) is 1.48. The second kappa shape index (κ2) is 12.5. The third-order valence-electron chi connectivity index (χ3n) is 7.26. The molecule has 2 aliphatic rings. The van der Waals surface area contributed by atoms with E-state index in [1.54, 1.807) is 28.0 Å². The van der Waals surface area contributed by atoms with E-state index >= 15 is 0 Å². The number of benzene rings is 2. The quantitative estimate of drug-likeness (QED) is 0.442. The first-order valence-electron chi connectivity index (χ1n) is 13.1. The molecular weight excluding hydrogens is 502 g/mol. The SMILES string of the molecule is COc1cc(C(=O)N2CCC(NC(=O)N3CCCC(C(=O)O)C3)CC2)ccc1NC(=O)Nc1ccccc1C. The normalized spacial score (nSPS) is 17.7. The molecule has 0 aromatic heterocycles. The third-order valence-corrected chi connectivity index (χ3v) is 7.26. The highest BCUT2D eigenvalue weighted by molar-refractivity contribution is 6.02. The lowest BCUT2D eigenvalue weighted by Crippen LogP contribution is -2.52. The molecule has 2 heterocycles. The van der Waals surface area contributed by atoms with Crippen molar-refractivity contribution in [2.45, 2.75) is 38.6 Å². The first-order valence-corrected chi connectivity index (χ1v) is 13.1. The predicted molar refractivity (Wildman–Crippen MR) is 146 cm³/mol. The molecule has 2 aliphatic heterocycles. The Labute approximate surface area is 227 Å². The number of urea groups is 2. The molecule has 0 saturated carbocycles. The first-order chi connectivity index (χ1) is 18.7. The molecule has 1 unspecified atom stereocenters. The van der Waals surface area contributed by atoms with Crippen LogP contribution in [0.3, 0.4) is 0 Å². The van der Waals surface area contributed by atoms with Crippen LogP contribution in [-0.4, -0.2) is 78.2 Å². The zero-order chi connectivity index (χ0) is 27.9.